The molecule has 0 fully saturated rings. The number of hydrogen-bond donors (Lipinski definition) is 2. The third-order valence-electron chi connectivity index (χ3n) is 1.45. The van der Waals surface area contributed by atoms with Crippen molar-refractivity contribution >= 4 is 34.2 Å². The fourth-order valence-electron chi connectivity index (χ4n) is 0.899. The van der Waals surface area contributed by atoms with E-state index >= 15 is 0 Å². The summed E-state index contributed by atoms with van der Waals surface area (Å²) in [7, 11) is 0. The van der Waals surface area contributed by atoms with Gasteiger partial charge in [0, 0.05) is 9.26 Å². The van der Waals surface area contributed by atoms with E-state index in [2.05, 4.69) is 0 Å². The lowest BCUT2D eigenvalue weighted by Crippen LogP contribution is -2.03. The topological polar surface area (TPSA) is 63.3 Å². The van der Waals surface area contributed by atoms with Crippen LogP contribution in [-0.2, 0) is 11.2 Å². The number of carboxylic acid groups (broad SMARTS) is 1. The van der Waals surface area contributed by atoms with Crippen molar-refractivity contribution in [2.45, 2.75) is 6.42 Å². The van der Waals surface area contributed by atoms with Crippen molar-refractivity contribution in [1.82, 2.24) is 0 Å². The highest BCUT2D eigenvalue weighted by molar-refractivity contribution is 14.1. The van der Waals surface area contributed by atoms with E-state index in [0.717, 1.165) is 9.13 Å². The quantitative estimate of drug-likeness (QED) is 0.636. The fraction of sp³-hybridized carbons (Fsp3) is 0.125. The van der Waals surface area contributed by atoms with Crippen LogP contribution in [0.4, 0.5) is 5.69 Å². The predicted octanol–water partition coefficient (Wildman–Crippen LogP) is 1.50. The SMILES string of the molecule is Nc1cccc(CC(=O)O)c1I. The van der Waals surface area contributed by atoms with Gasteiger partial charge in [-0.15, -0.1) is 0 Å². The summed E-state index contributed by atoms with van der Waals surface area (Å²) < 4.78 is 0.831. The number of halogens is 1. The van der Waals surface area contributed by atoms with Gasteiger partial charge in [-0.3, -0.25) is 4.79 Å². The van der Waals surface area contributed by atoms with Crippen LogP contribution in [-0.4, -0.2) is 11.1 Å². The molecule has 12 heavy (non-hydrogen) atoms. The van der Waals surface area contributed by atoms with Crippen LogP contribution in [0.15, 0.2) is 18.2 Å². The van der Waals surface area contributed by atoms with Gasteiger partial charge in [-0.1, -0.05) is 12.1 Å². The number of anilines is 1. The van der Waals surface area contributed by atoms with Crippen molar-refractivity contribution < 1.29 is 9.90 Å². The first-order valence-corrected chi connectivity index (χ1v) is 4.44. The van der Waals surface area contributed by atoms with Gasteiger partial charge in [0.25, 0.3) is 0 Å². The minimum Gasteiger partial charge on any atom is -0.481 e. The molecular formula is C8H8INO2. The fourth-order valence-corrected chi connectivity index (χ4v) is 1.45. The van der Waals surface area contributed by atoms with E-state index in [4.69, 9.17) is 10.8 Å². The summed E-state index contributed by atoms with van der Waals surface area (Å²) >= 11 is 2.05. The zero-order valence-electron chi connectivity index (χ0n) is 6.25. The number of hydrogen-bond acceptors (Lipinski definition) is 2. The maximum absolute atomic E-state index is 10.4. The van der Waals surface area contributed by atoms with Gasteiger partial charge in [0.05, 0.1) is 6.42 Å². The normalized spacial score (nSPS) is 9.75. The molecule has 0 atom stereocenters. The predicted molar refractivity (Wildman–Crippen MR) is 54.9 cm³/mol. The molecule has 0 aromatic heterocycles. The van der Waals surface area contributed by atoms with Crippen molar-refractivity contribution in [3.05, 3.63) is 27.3 Å². The van der Waals surface area contributed by atoms with Crippen LogP contribution < -0.4 is 5.73 Å². The Morgan fingerprint density at radius 2 is 2.25 bits per heavy atom. The maximum Gasteiger partial charge on any atom is 0.307 e. The van der Waals surface area contributed by atoms with E-state index < -0.39 is 5.97 Å². The number of nitrogen functional groups attached to an aromatic ring is 1. The van der Waals surface area contributed by atoms with E-state index in [-0.39, 0.29) is 6.42 Å². The molecule has 4 heteroatoms. The van der Waals surface area contributed by atoms with E-state index in [1.165, 1.54) is 0 Å². The Kier molecular flexibility index (Phi) is 2.91. The zero-order valence-corrected chi connectivity index (χ0v) is 8.41. The first-order valence-electron chi connectivity index (χ1n) is 3.36. The monoisotopic (exact) mass is 277 g/mol. The van der Waals surface area contributed by atoms with Crippen LogP contribution in [0.1, 0.15) is 5.56 Å². The summed E-state index contributed by atoms with van der Waals surface area (Å²) in [5.41, 5.74) is 7.00. The second-order valence-electron chi connectivity index (χ2n) is 2.39. The minimum atomic E-state index is -0.835. The van der Waals surface area contributed by atoms with Gasteiger partial charge in [0.1, 0.15) is 0 Å². The molecule has 3 nitrogen and oxygen atoms in total. The Bertz CT molecular complexity index is 312. The molecule has 64 valence electrons. The molecule has 0 spiro atoms. The van der Waals surface area contributed by atoms with Gasteiger partial charge >= 0.3 is 5.97 Å². The van der Waals surface area contributed by atoms with Crippen LogP contribution in [0.5, 0.6) is 0 Å². The van der Waals surface area contributed by atoms with Crippen molar-refractivity contribution in [3.8, 4) is 0 Å². The summed E-state index contributed by atoms with van der Waals surface area (Å²) in [5, 5.41) is 8.54. The molecule has 1 rings (SSSR count). The standard InChI is InChI=1S/C8H8INO2/c9-8-5(4-7(11)12)2-1-3-6(8)10/h1-3H,4,10H2,(H,11,12). The van der Waals surface area contributed by atoms with Gasteiger partial charge in [-0.25, -0.2) is 0 Å². The van der Waals surface area contributed by atoms with Crippen molar-refractivity contribution in [2.75, 3.05) is 5.73 Å². The van der Waals surface area contributed by atoms with Crippen molar-refractivity contribution in [2.24, 2.45) is 0 Å². The second kappa shape index (κ2) is 3.75. The Balaban J connectivity index is 3.00. The molecule has 0 aliphatic heterocycles. The van der Waals surface area contributed by atoms with Gasteiger partial charge in [0.2, 0.25) is 0 Å². The molecule has 0 radical (unpaired) electrons. The smallest absolute Gasteiger partial charge is 0.307 e. The summed E-state index contributed by atoms with van der Waals surface area (Å²) in [6, 6.07) is 5.29. The Labute approximate surface area is 83.7 Å². The summed E-state index contributed by atoms with van der Waals surface area (Å²) in [6.07, 6.45) is 0.0311. The van der Waals surface area contributed by atoms with Crippen molar-refractivity contribution in [3.63, 3.8) is 0 Å². The van der Waals surface area contributed by atoms with Gasteiger partial charge < -0.3 is 10.8 Å². The number of rotatable bonds is 2. The Morgan fingerprint density at radius 1 is 1.58 bits per heavy atom. The molecule has 0 aliphatic carbocycles. The first kappa shape index (κ1) is 9.31. The number of aliphatic carboxylic acids is 1. The number of carbonyl (C=O) groups is 1. The molecular weight excluding hydrogens is 269 g/mol. The van der Waals surface area contributed by atoms with Crippen LogP contribution in [0, 0.1) is 3.57 Å². The molecule has 0 saturated heterocycles. The van der Waals surface area contributed by atoms with E-state index in [1.54, 1.807) is 18.2 Å². The highest BCUT2D eigenvalue weighted by Crippen LogP contribution is 2.19. The average Bonchev–Trinajstić information content (AvgIpc) is 1.98. The molecule has 0 amide bonds. The van der Waals surface area contributed by atoms with E-state index in [9.17, 15) is 4.79 Å². The highest BCUT2D eigenvalue weighted by atomic mass is 127. The van der Waals surface area contributed by atoms with E-state index in [0.29, 0.717) is 5.69 Å². The average molecular weight is 277 g/mol. The third kappa shape index (κ3) is 2.10. The highest BCUT2D eigenvalue weighted by Gasteiger charge is 2.05. The Morgan fingerprint density at radius 3 is 2.83 bits per heavy atom. The lowest BCUT2D eigenvalue weighted by molar-refractivity contribution is -0.136. The van der Waals surface area contributed by atoms with Crippen molar-refractivity contribution in [1.29, 1.82) is 0 Å². The second-order valence-corrected chi connectivity index (χ2v) is 3.47. The lowest BCUT2D eigenvalue weighted by Gasteiger charge is -2.03. The Hall–Kier alpha value is -0.780. The molecule has 3 N–H and O–H groups in total. The molecule has 1 aromatic rings. The maximum atomic E-state index is 10.4. The summed E-state index contributed by atoms with van der Waals surface area (Å²) in [4.78, 5) is 10.4. The van der Waals surface area contributed by atoms with Gasteiger partial charge in [-0.05, 0) is 34.2 Å². The van der Waals surface area contributed by atoms with Crippen LogP contribution in [0.2, 0.25) is 0 Å². The van der Waals surface area contributed by atoms with Crippen LogP contribution >= 0.6 is 22.6 Å². The number of benzene rings is 1. The van der Waals surface area contributed by atoms with Crippen LogP contribution in [0.3, 0.4) is 0 Å². The summed E-state index contributed by atoms with van der Waals surface area (Å²) in [6.45, 7) is 0. The lowest BCUT2D eigenvalue weighted by atomic mass is 10.1. The molecule has 0 bridgehead atoms. The number of carboxylic acids is 1. The van der Waals surface area contributed by atoms with Gasteiger partial charge in [-0.2, -0.15) is 0 Å². The summed E-state index contributed by atoms with van der Waals surface area (Å²) in [5.74, 6) is -0.835. The third-order valence-corrected chi connectivity index (χ3v) is 2.77. The largest absolute Gasteiger partial charge is 0.481 e. The van der Waals surface area contributed by atoms with Crippen LogP contribution in [0.25, 0.3) is 0 Å². The number of nitrogens with two attached hydrogens (primary N) is 1. The van der Waals surface area contributed by atoms with E-state index in [1.807, 2.05) is 22.6 Å². The zero-order chi connectivity index (χ0) is 9.14. The molecule has 1 aromatic carbocycles. The first-order chi connectivity index (χ1) is 5.61. The molecule has 0 aliphatic rings. The molecule has 0 saturated carbocycles. The van der Waals surface area contributed by atoms with Gasteiger partial charge in [0.15, 0.2) is 0 Å². The molecule has 0 heterocycles. The minimum absolute atomic E-state index is 0.0311. The molecule has 0 unspecified atom stereocenters.